The second-order valence-corrected chi connectivity index (χ2v) is 6.98. The monoisotopic (exact) mass is 416 g/mol. The molecule has 9 heteroatoms. The van der Waals surface area contributed by atoms with Crippen molar-refractivity contribution in [2.45, 2.75) is 0 Å². The molecule has 2 heterocycles. The molecule has 2 aromatic heterocycles. The molecule has 27 heavy (non-hydrogen) atoms. The van der Waals surface area contributed by atoms with E-state index in [4.69, 9.17) is 35.4 Å². The Kier molecular flexibility index (Phi) is 4.43. The molecule has 0 fully saturated rings. The number of aromatic amines is 1. The summed E-state index contributed by atoms with van der Waals surface area (Å²) in [5.74, 6) is 0. The van der Waals surface area contributed by atoms with Crippen molar-refractivity contribution in [1.29, 1.82) is 0 Å². The summed E-state index contributed by atoms with van der Waals surface area (Å²) in [6, 6.07) is 11.5. The molecular formula is C18H10Cl2N4O2S. The Hall–Kier alpha value is -2.74. The second-order valence-electron chi connectivity index (χ2n) is 5.77. The minimum absolute atomic E-state index is 0.00207. The molecule has 0 aliphatic carbocycles. The van der Waals surface area contributed by atoms with Crippen molar-refractivity contribution in [3.63, 3.8) is 0 Å². The maximum Gasteiger partial charge on any atom is 0.270 e. The summed E-state index contributed by atoms with van der Waals surface area (Å²) < 4.78 is 2.05. The van der Waals surface area contributed by atoms with Crippen LogP contribution in [0, 0.1) is 14.9 Å². The third-order valence-corrected chi connectivity index (χ3v) is 4.97. The smallest absolute Gasteiger partial charge is 0.270 e. The number of hydrogen-bond donors (Lipinski definition) is 1. The summed E-state index contributed by atoms with van der Waals surface area (Å²) in [5, 5.41) is 12.2. The highest BCUT2D eigenvalue weighted by Crippen LogP contribution is 2.33. The second kappa shape index (κ2) is 6.77. The Morgan fingerprint density at radius 2 is 1.96 bits per heavy atom. The number of benzene rings is 2. The van der Waals surface area contributed by atoms with Crippen LogP contribution in [0.15, 0.2) is 54.9 Å². The van der Waals surface area contributed by atoms with Crippen LogP contribution in [-0.4, -0.2) is 19.3 Å². The molecular weight excluding hydrogens is 407 g/mol. The van der Waals surface area contributed by atoms with Crippen LogP contribution in [0.5, 0.6) is 0 Å². The molecule has 0 radical (unpaired) electrons. The minimum atomic E-state index is -0.436. The molecule has 134 valence electrons. The molecule has 0 saturated carbocycles. The van der Waals surface area contributed by atoms with E-state index in [9.17, 15) is 10.1 Å². The lowest BCUT2D eigenvalue weighted by molar-refractivity contribution is -0.384. The highest BCUT2D eigenvalue weighted by atomic mass is 35.5. The summed E-state index contributed by atoms with van der Waals surface area (Å²) in [7, 11) is 0. The van der Waals surface area contributed by atoms with E-state index in [1.807, 2.05) is 0 Å². The molecule has 6 nitrogen and oxygen atoms in total. The third-order valence-electron chi connectivity index (χ3n) is 4.10. The van der Waals surface area contributed by atoms with E-state index < -0.39 is 4.92 Å². The topological polar surface area (TPSA) is 76.2 Å². The van der Waals surface area contributed by atoms with Gasteiger partial charge in [0.1, 0.15) is 5.65 Å². The zero-order valence-corrected chi connectivity index (χ0v) is 15.8. The Labute approximate surface area is 168 Å². The van der Waals surface area contributed by atoms with Crippen LogP contribution in [0.1, 0.15) is 0 Å². The number of nitrogens with zero attached hydrogens (tertiary/aromatic N) is 3. The van der Waals surface area contributed by atoms with Crippen molar-refractivity contribution < 1.29 is 4.92 Å². The van der Waals surface area contributed by atoms with Crippen LogP contribution < -0.4 is 0 Å². The summed E-state index contributed by atoms with van der Waals surface area (Å²) >= 11 is 17.7. The largest absolute Gasteiger partial charge is 0.339 e. The molecule has 0 bridgehead atoms. The van der Waals surface area contributed by atoms with Gasteiger partial charge in [-0.15, -0.1) is 0 Å². The van der Waals surface area contributed by atoms with Gasteiger partial charge >= 0.3 is 0 Å². The highest BCUT2D eigenvalue weighted by Gasteiger charge is 2.14. The minimum Gasteiger partial charge on any atom is -0.339 e. The van der Waals surface area contributed by atoms with Crippen molar-refractivity contribution in [3.05, 3.63) is 79.8 Å². The van der Waals surface area contributed by atoms with Gasteiger partial charge in [0, 0.05) is 40.7 Å². The van der Waals surface area contributed by atoms with Gasteiger partial charge in [0.2, 0.25) is 4.77 Å². The van der Waals surface area contributed by atoms with Crippen LogP contribution in [0.2, 0.25) is 10.0 Å². The van der Waals surface area contributed by atoms with Gasteiger partial charge < -0.3 is 4.98 Å². The fourth-order valence-electron chi connectivity index (χ4n) is 2.84. The van der Waals surface area contributed by atoms with Crippen molar-refractivity contribution in [2.24, 2.45) is 0 Å². The quantitative estimate of drug-likeness (QED) is 0.254. The average Bonchev–Trinajstić information content (AvgIpc) is 3.10. The van der Waals surface area contributed by atoms with Gasteiger partial charge in [-0.05, 0) is 36.0 Å². The van der Waals surface area contributed by atoms with Gasteiger partial charge in [0.25, 0.3) is 5.69 Å². The van der Waals surface area contributed by atoms with Crippen molar-refractivity contribution in [2.75, 3.05) is 0 Å². The first-order valence-electron chi connectivity index (χ1n) is 7.74. The fraction of sp³-hybridized carbons (Fsp3) is 0. The first-order valence-corrected chi connectivity index (χ1v) is 8.91. The van der Waals surface area contributed by atoms with E-state index >= 15 is 0 Å². The zero-order valence-electron chi connectivity index (χ0n) is 13.5. The lowest BCUT2D eigenvalue weighted by Gasteiger charge is -2.04. The SMILES string of the molecule is O=[N+]([O-])c1cccc(-c2cnc(=S)n3cc(-c4cc(Cl)ccc4Cl)[nH]c23)c1. The van der Waals surface area contributed by atoms with Gasteiger partial charge in [0.15, 0.2) is 0 Å². The first kappa shape index (κ1) is 17.7. The van der Waals surface area contributed by atoms with Crippen LogP contribution in [-0.2, 0) is 0 Å². The Morgan fingerprint density at radius 1 is 1.15 bits per heavy atom. The number of halogens is 2. The molecule has 4 rings (SSSR count). The van der Waals surface area contributed by atoms with Crippen LogP contribution in [0.25, 0.3) is 28.0 Å². The number of hydrogen-bond acceptors (Lipinski definition) is 4. The summed E-state index contributed by atoms with van der Waals surface area (Å²) in [4.78, 5) is 18.2. The molecule has 0 amide bonds. The molecule has 0 aliphatic rings. The van der Waals surface area contributed by atoms with E-state index in [2.05, 4.69) is 9.97 Å². The van der Waals surface area contributed by atoms with E-state index in [1.165, 1.54) is 12.1 Å². The summed E-state index contributed by atoms with van der Waals surface area (Å²) in [6.45, 7) is 0. The maximum absolute atomic E-state index is 11.1. The molecule has 0 unspecified atom stereocenters. The van der Waals surface area contributed by atoms with Crippen LogP contribution >= 0.6 is 35.4 Å². The number of imidazole rings is 1. The van der Waals surface area contributed by atoms with E-state index in [0.717, 1.165) is 0 Å². The number of nitrogens with one attached hydrogen (secondary N) is 1. The lowest BCUT2D eigenvalue weighted by Crippen LogP contribution is -1.94. The van der Waals surface area contributed by atoms with E-state index in [0.29, 0.717) is 42.8 Å². The number of aromatic nitrogens is 3. The van der Waals surface area contributed by atoms with Gasteiger partial charge in [0.05, 0.1) is 15.6 Å². The number of H-pyrrole nitrogens is 1. The van der Waals surface area contributed by atoms with Crippen LogP contribution in [0.4, 0.5) is 5.69 Å². The van der Waals surface area contributed by atoms with Gasteiger partial charge in [-0.2, -0.15) is 0 Å². The normalized spacial score (nSPS) is 11.0. The number of rotatable bonds is 3. The summed E-state index contributed by atoms with van der Waals surface area (Å²) in [5.41, 5.74) is 3.39. The van der Waals surface area contributed by atoms with Gasteiger partial charge in [-0.25, -0.2) is 4.98 Å². The molecule has 2 aromatic carbocycles. The van der Waals surface area contributed by atoms with Gasteiger partial charge in [-0.1, -0.05) is 35.3 Å². The molecule has 0 saturated heterocycles. The van der Waals surface area contributed by atoms with Crippen molar-refractivity contribution in [1.82, 2.24) is 14.4 Å². The average molecular weight is 417 g/mol. The number of nitro groups is 1. The Balaban J connectivity index is 1.97. The van der Waals surface area contributed by atoms with Crippen molar-refractivity contribution >= 4 is 46.8 Å². The molecule has 0 atom stereocenters. The molecule has 0 spiro atoms. The molecule has 1 N–H and O–H groups in total. The predicted molar refractivity (Wildman–Crippen MR) is 108 cm³/mol. The fourth-order valence-corrected chi connectivity index (χ4v) is 3.43. The molecule has 0 aliphatic heterocycles. The standard InChI is InChI=1S/C18H10Cl2N4O2S/c19-11-4-5-15(20)13(7-11)16-9-23-17(22-16)14(8-21-18(23)27)10-2-1-3-12(6-10)24(25)26/h1-9,22H. The Morgan fingerprint density at radius 3 is 2.74 bits per heavy atom. The van der Waals surface area contributed by atoms with Crippen molar-refractivity contribution in [3.8, 4) is 22.4 Å². The summed E-state index contributed by atoms with van der Waals surface area (Å²) in [6.07, 6.45) is 3.37. The predicted octanol–water partition coefficient (Wildman–Crippen LogP) is 5.94. The first-order chi connectivity index (χ1) is 12.9. The third kappa shape index (κ3) is 3.21. The van der Waals surface area contributed by atoms with Gasteiger partial charge in [-0.3, -0.25) is 14.5 Å². The molecule has 4 aromatic rings. The highest BCUT2D eigenvalue weighted by molar-refractivity contribution is 7.71. The zero-order chi connectivity index (χ0) is 19.1. The van der Waals surface area contributed by atoms with Crippen LogP contribution in [0.3, 0.4) is 0 Å². The number of non-ortho nitro benzene ring substituents is 1. The van der Waals surface area contributed by atoms with E-state index in [-0.39, 0.29) is 5.69 Å². The number of nitro benzene ring substituents is 1. The number of fused-ring (bicyclic) bond motifs is 1. The van der Waals surface area contributed by atoms with E-state index in [1.54, 1.807) is 47.1 Å². The lowest BCUT2D eigenvalue weighted by atomic mass is 10.1. The maximum atomic E-state index is 11.1. The Bertz CT molecular complexity index is 1270.